The first kappa shape index (κ1) is 26.5. The van der Waals surface area contributed by atoms with Gasteiger partial charge in [0.05, 0.1) is 23.1 Å². The summed E-state index contributed by atoms with van der Waals surface area (Å²) in [5, 5.41) is 12.5. The van der Waals surface area contributed by atoms with Gasteiger partial charge < -0.3 is 14.6 Å². The van der Waals surface area contributed by atoms with Gasteiger partial charge in [0.1, 0.15) is 22.8 Å². The molecule has 0 radical (unpaired) electrons. The summed E-state index contributed by atoms with van der Waals surface area (Å²) >= 11 is 0. The minimum absolute atomic E-state index is 0.0684. The van der Waals surface area contributed by atoms with Crippen molar-refractivity contribution < 1.29 is 22.0 Å². The van der Waals surface area contributed by atoms with E-state index in [2.05, 4.69) is 11.4 Å². The number of carbonyl (C=O) groups is 1. The van der Waals surface area contributed by atoms with Crippen LogP contribution in [0, 0.1) is 23.1 Å². The highest BCUT2D eigenvalue weighted by atomic mass is 32.2. The number of para-hydroxylation sites is 1. The number of hydrogen-bond donors (Lipinski definition) is 1. The lowest BCUT2D eigenvalue weighted by Crippen LogP contribution is -2.42. The smallest absolute Gasteiger partial charge is 0.229 e. The molecule has 40 heavy (non-hydrogen) atoms. The third-order valence-corrected chi connectivity index (χ3v) is 9.98. The fourth-order valence-corrected chi connectivity index (χ4v) is 7.11. The van der Waals surface area contributed by atoms with Crippen LogP contribution in [0.2, 0.25) is 0 Å². The van der Waals surface area contributed by atoms with Crippen molar-refractivity contribution in [1.82, 2.24) is 10.3 Å². The molecule has 1 aromatic heterocycles. The van der Waals surface area contributed by atoms with E-state index in [0.717, 1.165) is 24.1 Å². The van der Waals surface area contributed by atoms with E-state index in [1.54, 1.807) is 18.2 Å². The first-order valence-electron chi connectivity index (χ1n) is 13.8. The molecule has 2 aliphatic carbocycles. The van der Waals surface area contributed by atoms with Crippen LogP contribution in [0.4, 0.5) is 10.1 Å². The molecule has 10 heteroatoms. The number of carbonyl (C=O) groups excluding carboxylic acids is 1. The third-order valence-electron chi connectivity index (χ3n) is 8.37. The average molecular weight is 563 g/mol. The number of aromatic nitrogens is 1. The lowest BCUT2D eigenvalue weighted by Gasteiger charge is -2.32. The van der Waals surface area contributed by atoms with Crippen molar-refractivity contribution in [3.8, 4) is 28.8 Å². The van der Waals surface area contributed by atoms with E-state index in [0.29, 0.717) is 50.2 Å². The predicted octanol–water partition coefficient (Wildman–Crippen LogP) is 4.83. The summed E-state index contributed by atoms with van der Waals surface area (Å²) < 4.78 is 45.5. The highest BCUT2D eigenvalue weighted by molar-refractivity contribution is 7.91. The molecule has 3 fully saturated rings. The van der Waals surface area contributed by atoms with Crippen molar-refractivity contribution in [1.29, 1.82) is 5.26 Å². The van der Waals surface area contributed by atoms with Crippen LogP contribution in [0.5, 0.6) is 0 Å². The number of hydrogen-bond acceptors (Lipinski definition) is 7. The number of nitriles is 1. The number of halogens is 1. The molecule has 1 saturated heterocycles. The maximum Gasteiger partial charge on any atom is 0.229 e. The van der Waals surface area contributed by atoms with Crippen molar-refractivity contribution in [2.24, 2.45) is 5.92 Å². The van der Waals surface area contributed by atoms with Gasteiger partial charge in [0.25, 0.3) is 0 Å². The van der Waals surface area contributed by atoms with Crippen LogP contribution >= 0.6 is 0 Å². The molecule has 2 atom stereocenters. The third kappa shape index (κ3) is 5.10. The van der Waals surface area contributed by atoms with Gasteiger partial charge in [0, 0.05) is 36.2 Å². The van der Waals surface area contributed by atoms with Crippen LogP contribution in [0.3, 0.4) is 0 Å². The van der Waals surface area contributed by atoms with E-state index >= 15 is 0 Å². The van der Waals surface area contributed by atoms with Crippen molar-refractivity contribution in [3.63, 3.8) is 0 Å². The van der Waals surface area contributed by atoms with Gasteiger partial charge in [-0.15, -0.1) is 0 Å². The standard InChI is InChI=1S/C30H31FN4O4S/c31-24-11-5-3-9-22(24)29-33-26(23-10-4-6-12-25(23)35-15-17-40(37,38)18-16-35)27(39-29)20-7-1-2-8-21(20)28(36)34-30(19-32)13-14-30/h3-6,9-12,20-21H,1-2,7-8,13-18H2,(H,34,36)/t20-,21-/m1/s1. The maximum atomic E-state index is 14.9. The number of sulfone groups is 1. The molecule has 0 unspecified atom stereocenters. The molecule has 6 rings (SSSR count). The molecule has 2 heterocycles. The zero-order chi connectivity index (χ0) is 27.9. The van der Waals surface area contributed by atoms with Crippen LogP contribution in [0.1, 0.15) is 50.2 Å². The Balaban J connectivity index is 1.44. The van der Waals surface area contributed by atoms with Crippen molar-refractivity contribution in [3.05, 3.63) is 60.1 Å². The normalized spacial score (nSPS) is 23.2. The van der Waals surface area contributed by atoms with Gasteiger partial charge >= 0.3 is 0 Å². The summed E-state index contributed by atoms with van der Waals surface area (Å²) in [6.45, 7) is 0.717. The van der Waals surface area contributed by atoms with Crippen LogP contribution in [-0.2, 0) is 14.6 Å². The van der Waals surface area contributed by atoms with Gasteiger partial charge in [0.2, 0.25) is 11.8 Å². The van der Waals surface area contributed by atoms with E-state index in [1.807, 2.05) is 29.2 Å². The molecule has 1 aliphatic heterocycles. The van der Waals surface area contributed by atoms with Gasteiger partial charge in [-0.25, -0.2) is 17.8 Å². The molecular weight excluding hydrogens is 531 g/mol. The lowest BCUT2D eigenvalue weighted by atomic mass is 9.76. The van der Waals surface area contributed by atoms with E-state index in [9.17, 15) is 22.9 Å². The summed E-state index contributed by atoms with van der Waals surface area (Å²) in [7, 11) is -3.08. The number of oxazole rings is 1. The minimum atomic E-state index is -3.08. The fraction of sp³-hybridized carbons (Fsp3) is 0.433. The molecule has 208 valence electrons. The van der Waals surface area contributed by atoms with Crippen molar-refractivity contribution >= 4 is 21.4 Å². The zero-order valence-corrected chi connectivity index (χ0v) is 22.9. The summed E-state index contributed by atoms with van der Waals surface area (Å²) in [5.74, 6) is -0.533. The Morgan fingerprint density at radius 3 is 2.42 bits per heavy atom. The number of rotatable bonds is 6. The van der Waals surface area contributed by atoms with E-state index < -0.39 is 27.1 Å². The van der Waals surface area contributed by atoms with E-state index in [4.69, 9.17) is 9.40 Å². The number of nitrogens with one attached hydrogen (secondary N) is 1. The molecular formula is C30H31FN4O4S. The Morgan fingerprint density at radius 1 is 1.05 bits per heavy atom. The van der Waals surface area contributed by atoms with Crippen LogP contribution in [-0.4, -0.2) is 49.4 Å². The predicted molar refractivity (Wildman–Crippen MR) is 149 cm³/mol. The topological polar surface area (TPSA) is 116 Å². The second-order valence-corrected chi connectivity index (χ2v) is 13.4. The summed E-state index contributed by atoms with van der Waals surface area (Å²) in [5.41, 5.74) is 1.57. The Hall–Kier alpha value is -3.71. The zero-order valence-electron chi connectivity index (χ0n) is 22.1. The summed E-state index contributed by atoms with van der Waals surface area (Å²) in [6.07, 6.45) is 4.43. The van der Waals surface area contributed by atoms with Gasteiger partial charge in [-0.2, -0.15) is 5.26 Å². The van der Waals surface area contributed by atoms with Crippen LogP contribution < -0.4 is 10.2 Å². The minimum Gasteiger partial charge on any atom is -0.440 e. The molecule has 3 aliphatic rings. The molecule has 8 nitrogen and oxygen atoms in total. The highest BCUT2D eigenvalue weighted by Crippen LogP contribution is 2.46. The molecule has 2 saturated carbocycles. The summed E-state index contributed by atoms with van der Waals surface area (Å²) in [6, 6.07) is 16.2. The SMILES string of the molecule is N#CC1(NC(=O)[C@@H]2CCCC[C@H]2c2oc(-c3ccccc3F)nc2-c2ccccc2N2CCS(=O)(=O)CC2)CC1. The number of benzene rings is 2. The molecule has 3 aromatic rings. The average Bonchev–Trinajstić information content (AvgIpc) is 3.60. The van der Waals surface area contributed by atoms with Crippen molar-refractivity contribution in [2.75, 3.05) is 29.5 Å². The number of amides is 1. The lowest BCUT2D eigenvalue weighted by molar-refractivity contribution is -0.127. The largest absolute Gasteiger partial charge is 0.440 e. The quantitative estimate of drug-likeness (QED) is 0.458. The number of anilines is 1. The first-order valence-corrected chi connectivity index (χ1v) is 15.6. The Morgan fingerprint density at radius 2 is 1.73 bits per heavy atom. The Kier molecular flexibility index (Phi) is 6.87. The van der Waals surface area contributed by atoms with Gasteiger partial charge in [-0.3, -0.25) is 4.79 Å². The first-order chi connectivity index (χ1) is 19.3. The molecule has 1 N–H and O–H groups in total. The fourth-order valence-electron chi connectivity index (χ4n) is 5.91. The van der Waals surface area contributed by atoms with Gasteiger partial charge in [-0.1, -0.05) is 43.2 Å². The molecule has 0 spiro atoms. The molecule has 0 bridgehead atoms. The van der Waals surface area contributed by atoms with E-state index in [-0.39, 0.29) is 34.8 Å². The Labute approximate surface area is 233 Å². The monoisotopic (exact) mass is 562 g/mol. The van der Waals surface area contributed by atoms with Gasteiger partial charge in [0.15, 0.2) is 9.84 Å². The van der Waals surface area contributed by atoms with Crippen LogP contribution in [0.25, 0.3) is 22.7 Å². The second-order valence-electron chi connectivity index (χ2n) is 11.0. The van der Waals surface area contributed by atoms with Crippen molar-refractivity contribution in [2.45, 2.75) is 50.0 Å². The highest BCUT2D eigenvalue weighted by Gasteiger charge is 2.47. The number of nitrogens with zero attached hydrogens (tertiary/aromatic N) is 3. The Bertz CT molecular complexity index is 1580. The maximum absolute atomic E-state index is 14.9. The second kappa shape index (κ2) is 10.4. The van der Waals surface area contributed by atoms with E-state index in [1.165, 1.54) is 6.07 Å². The molecule has 2 aromatic carbocycles. The molecule has 1 amide bonds. The summed E-state index contributed by atoms with van der Waals surface area (Å²) in [4.78, 5) is 20.4. The van der Waals surface area contributed by atoms with Crippen LogP contribution in [0.15, 0.2) is 52.9 Å². The van der Waals surface area contributed by atoms with Gasteiger partial charge in [-0.05, 0) is 43.9 Å².